The summed E-state index contributed by atoms with van der Waals surface area (Å²) in [5, 5.41) is 6.51. The zero-order valence-electron chi connectivity index (χ0n) is 21.4. The predicted octanol–water partition coefficient (Wildman–Crippen LogP) is 5.75. The standard InChI is InChI=1S/C30H29F3N4O2/c1-34-27(38)8-5-14-35-16-17-39-28-12-10-24(20-37-28)29(23-9-11-26-22(18-23)13-15-36-26)25(19-30(31,32)33)21-6-3-2-4-7-21/h2-13,15,18,20,35-36H,14,16-17,19H2,1H3,(H,34,38)/b8-5+,29-25-. The third kappa shape index (κ3) is 7.81. The van der Waals surface area contributed by atoms with Gasteiger partial charge in [0.2, 0.25) is 11.8 Å². The largest absolute Gasteiger partial charge is 0.476 e. The summed E-state index contributed by atoms with van der Waals surface area (Å²) in [5.74, 6) is 0.184. The van der Waals surface area contributed by atoms with Gasteiger partial charge in [-0.3, -0.25) is 4.79 Å². The molecule has 0 saturated heterocycles. The summed E-state index contributed by atoms with van der Waals surface area (Å²) in [4.78, 5) is 18.7. The van der Waals surface area contributed by atoms with Crippen molar-refractivity contribution in [1.29, 1.82) is 0 Å². The Morgan fingerprint density at radius 3 is 2.54 bits per heavy atom. The molecule has 4 rings (SSSR count). The molecule has 0 unspecified atom stereocenters. The lowest BCUT2D eigenvalue weighted by atomic mass is 9.88. The molecule has 0 bridgehead atoms. The van der Waals surface area contributed by atoms with E-state index in [1.165, 1.54) is 6.08 Å². The van der Waals surface area contributed by atoms with Gasteiger partial charge in [0.05, 0.1) is 6.42 Å². The fraction of sp³-hybridized carbons (Fsp3) is 0.200. The molecule has 0 spiro atoms. The van der Waals surface area contributed by atoms with Gasteiger partial charge in [0.25, 0.3) is 0 Å². The van der Waals surface area contributed by atoms with Crippen molar-refractivity contribution in [3.8, 4) is 5.88 Å². The van der Waals surface area contributed by atoms with Crippen molar-refractivity contribution in [2.24, 2.45) is 0 Å². The summed E-state index contributed by atoms with van der Waals surface area (Å²) in [5.41, 5.74) is 3.24. The molecule has 0 radical (unpaired) electrons. The highest BCUT2D eigenvalue weighted by molar-refractivity contribution is 6.00. The number of nitrogens with zero attached hydrogens (tertiary/aromatic N) is 1. The summed E-state index contributed by atoms with van der Waals surface area (Å²) in [6.07, 6.45) is 0.992. The number of carbonyl (C=O) groups excluding carboxylic acids is 1. The van der Waals surface area contributed by atoms with Gasteiger partial charge in [0.15, 0.2) is 0 Å². The van der Waals surface area contributed by atoms with Crippen LogP contribution < -0.4 is 15.4 Å². The number of carbonyl (C=O) groups is 1. The van der Waals surface area contributed by atoms with E-state index in [0.29, 0.717) is 47.8 Å². The van der Waals surface area contributed by atoms with Gasteiger partial charge in [0, 0.05) is 55.8 Å². The van der Waals surface area contributed by atoms with Crippen LogP contribution in [0.4, 0.5) is 13.2 Å². The number of pyridine rings is 1. The van der Waals surface area contributed by atoms with Crippen molar-refractivity contribution < 1.29 is 22.7 Å². The highest BCUT2D eigenvalue weighted by atomic mass is 19.4. The van der Waals surface area contributed by atoms with E-state index in [0.717, 1.165) is 10.9 Å². The Balaban J connectivity index is 1.61. The number of ether oxygens (including phenoxy) is 1. The molecule has 0 saturated carbocycles. The minimum Gasteiger partial charge on any atom is -0.476 e. The second-order valence-electron chi connectivity index (χ2n) is 8.75. The number of benzene rings is 2. The number of hydrogen-bond donors (Lipinski definition) is 3. The van der Waals surface area contributed by atoms with Crippen LogP contribution >= 0.6 is 0 Å². The first kappa shape index (κ1) is 27.7. The van der Waals surface area contributed by atoms with Crippen LogP contribution in [0.25, 0.3) is 22.0 Å². The van der Waals surface area contributed by atoms with Crippen LogP contribution in [0.3, 0.4) is 0 Å². The van der Waals surface area contributed by atoms with Crippen molar-refractivity contribution in [2.45, 2.75) is 12.6 Å². The average molecular weight is 535 g/mol. The summed E-state index contributed by atoms with van der Waals surface area (Å²) >= 11 is 0. The maximum atomic E-state index is 13.9. The van der Waals surface area contributed by atoms with E-state index in [2.05, 4.69) is 20.6 Å². The fourth-order valence-corrected chi connectivity index (χ4v) is 4.17. The quantitative estimate of drug-likeness (QED) is 0.130. The van der Waals surface area contributed by atoms with Crippen molar-refractivity contribution in [2.75, 3.05) is 26.7 Å². The third-order valence-corrected chi connectivity index (χ3v) is 5.97. The first-order valence-electron chi connectivity index (χ1n) is 12.4. The molecule has 1 amide bonds. The molecule has 2 aromatic heterocycles. The van der Waals surface area contributed by atoms with E-state index in [-0.39, 0.29) is 11.5 Å². The molecular formula is C30H29F3N4O2. The number of aromatic amines is 1. The predicted molar refractivity (Wildman–Crippen MR) is 147 cm³/mol. The SMILES string of the molecule is CNC(=O)/C=C/CNCCOc1ccc(/C(=C(/CC(F)(F)F)c2ccccc2)c2ccc3[nH]ccc3c2)cn1. The lowest BCUT2D eigenvalue weighted by molar-refractivity contribution is -0.123. The van der Waals surface area contributed by atoms with E-state index in [9.17, 15) is 18.0 Å². The maximum Gasteiger partial charge on any atom is 0.393 e. The van der Waals surface area contributed by atoms with Crippen LogP contribution in [0.5, 0.6) is 5.88 Å². The molecular weight excluding hydrogens is 505 g/mol. The van der Waals surface area contributed by atoms with Crippen molar-refractivity contribution in [1.82, 2.24) is 20.6 Å². The van der Waals surface area contributed by atoms with E-state index in [1.54, 1.807) is 68.0 Å². The Morgan fingerprint density at radius 1 is 1.03 bits per heavy atom. The van der Waals surface area contributed by atoms with Gasteiger partial charge in [-0.15, -0.1) is 0 Å². The highest BCUT2D eigenvalue weighted by Crippen LogP contribution is 2.40. The van der Waals surface area contributed by atoms with Gasteiger partial charge < -0.3 is 20.4 Å². The van der Waals surface area contributed by atoms with Gasteiger partial charge in [-0.2, -0.15) is 13.2 Å². The summed E-state index contributed by atoms with van der Waals surface area (Å²) in [6, 6.07) is 19.5. The summed E-state index contributed by atoms with van der Waals surface area (Å²) in [7, 11) is 1.56. The minimum absolute atomic E-state index is 0.169. The van der Waals surface area contributed by atoms with E-state index in [4.69, 9.17) is 4.74 Å². The van der Waals surface area contributed by atoms with E-state index < -0.39 is 12.6 Å². The van der Waals surface area contributed by atoms with Crippen molar-refractivity contribution in [3.63, 3.8) is 0 Å². The molecule has 6 nitrogen and oxygen atoms in total. The van der Waals surface area contributed by atoms with Crippen LogP contribution in [0.15, 0.2) is 91.3 Å². The van der Waals surface area contributed by atoms with Gasteiger partial charge >= 0.3 is 6.18 Å². The van der Waals surface area contributed by atoms with E-state index >= 15 is 0 Å². The molecule has 4 aromatic rings. The van der Waals surface area contributed by atoms with Gasteiger partial charge in [-0.25, -0.2) is 4.98 Å². The Bertz CT molecular complexity index is 1440. The number of rotatable bonds is 11. The van der Waals surface area contributed by atoms with Crippen LogP contribution in [0.2, 0.25) is 0 Å². The Labute approximate surface area is 224 Å². The Morgan fingerprint density at radius 2 is 1.82 bits per heavy atom. The molecule has 2 aromatic carbocycles. The molecule has 9 heteroatoms. The highest BCUT2D eigenvalue weighted by Gasteiger charge is 2.31. The number of likely N-dealkylation sites (N-methyl/N-ethyl adjacent to an activating group) is 1. The molecule has 2 heterocycles. The first-order chi connectivity index (χ1) is 18.8. The molecule has 0 aliphatic rings. The number of H-pyrrole nitrogens is 1. The van der Waals surface area contributed by atoms with Crippen molar-refractivity contribution in [3.05, 3.63) is 108 Å². The number of nitrogens with one attached hydrogen (secondary N) is 3. The summed E-state index contributed by atoms with van der Waals surface area (Å²) < 4.78 is 47.3. The molecule has 0 fully saturated rings. The fourth-order valence-electron chi connectivity index (χ4n) is 4.17. The zero-order valence-corrected chi connectivity index (χ0v) is 21.4. The van der Waals surface area contributed by atoms with Gasteiger partial charge in [0.1, 0.15) is 6.61 Å². The van der Waals surface area contributed by atoms with Gasteiger partial charge in [-0.1, -0.05) is 42.5 Å². The Kier molecular flexibility index (Phi) is 9.17. The third-order valence-electron chi connectivity index (χ3n) is 5.97. The number of amides is 1. The number of fused-ring (bicyclic) bond motifs is 1. The minimum atomic E-state index is -4.41. The van der Waals surface area contributed by atoms with E-state index in [1.807, 2.05) is 24.3 Å². The van der Waals surface area contributed by atoms with Gasteiger partial charge in [-0.05, 0) is 51.9 Å². The molecule has 3 N–H and O–H groups in total. The second-order valence-corrected chi connectivity index (χ2v) is 8.75. The topological polar surface area (TPSA) is 79.0 Å². The molecule has 39 heavy (non-hydrogen) atoms. The van der Waals surface area contributed by atoms with Crippen LogP contribution in [-0.2, 0) is 4.79 Å². The monoisotopic (exact) mass is 534 g/mol. The zero-order chi connectivity index (χ0) is 27.7. The molecule has 0 aliphatic carbocycles. The lowest BCUT2D eigenvalue weighted by Gasteiger charge is -2.19. The number of allylic oxidation sites excluding steroid dienone is 1. The average Bonchev–Trinajstić information content (AvgIpc) is 3.41. The number of alkyl halides is 3. The van der Waals surface area contributed by atoms with Crippen LogP contribution in [0, 0.1) is 0 Å². The molecule has 0 atom stereocenters. The molecule has 202 valence electrons. The Hall–Kier alpha value is -4.37. The first-order valence-corrected chi connectivity index (χ1v) is 12.4. The second kappa shape index (κ2) is 12.9. The maximum absolute atomic E-state index is 13.9. The smallest absolute Gasteiger partial charge is 0.393 e. The van der Waals surface area contributed by atoms with Crippen molar-refractivity contribution >= 4 is 28.0 Å². The number of aromatic nitrogens is 2. The normalized spacial score (nSPS) is 12.5. The molecule has 0 aliphatic heterocycles. The number of halogens is 3. The number of hydrogen-bond acceptors (Lipinski definition) is 4. The van der Waals surface area contributed by atoms with Crippen LogP contribution in [-0.4, -0.2) is 48.8 Å². The lowest BCUT2D eigenvalue weighted by Crippen LogP contribution is -2.22. The van der Waals surface area contributed by atoms with Crippen LogP contribution in [0.1, 0.15) is 23.1 Å². The summed E-state index contributed by atoms with van der Waals surface area (Å²) in [6.45, 7) is 1.35.